The van der Waals surface area contributed by atoms with E-state index in [0.29, 0.717) is 12.3 Å². The van der Waals surface area contributed by atoms with Gasteiger partial charge in [-0.25, -0.2) is 9.97 Å². The lowest BCUT2D eigenvalue weighted by Crippen LogP contribution is -2.49. The number of carbonyl (C=O) groups is 1. The molecule has 0 spiro atoms. The SMILES string of the molecule is CCCCC(=O)N1CCN(c2cc(Oc3ccc(C)cc3)ncn2)CC1. The van der Waals surface area contributed by atoms with Gasteiger partial charge in [0.25, 0.3) is 0 Å². The number of ether oxygens (including phenoxy) is 1. The van der Waals surface area contributed by atoms with Crippen LogP contribution in [0, 0.1) is 6.92 Å². The third kappa shape index (κ3) is 4.71. The van der Waals surface area contributed by atoms with Gasteiger partial charge in [0.1, 0.15) is 17.9 Å². The van der Waals surface area contributed by atoms with E-state index in [1.807, 2.05) is 42.2 Å². The Morgan fingerprint density at radius 3 is 2.54 bits per heavy atom. The molecule has 6 heteroatoms. The Labute approximate surface area is 154 Å². The molecule has 2 heterocycles. The number of anilines is 1. The monoisotopic (exact) mass is 354 g/mol. The van der Waals surface area contributed by atoms with Gasteiger partial charge in [0.05, 0.1) is 0 Å². The predicted octanol–water partition coefficient (Wildman–Crippen LogP) is 3.42. The molecule has 1 aromatic heterocycles. The van der Waals surface area contributed by atoms with E-state index in [2.05, 4.69) is 21.8 Å². The number of hydrogen-bond acceptors (Lipinski definition) is 5. The summed E-state index contributed by atoms with van der Waals surface area (Å²) in [7, 11) is 0. The summed E-state index contributed by atoms with van der Waals surface area (Å²) < 4.78 is 5.83. The molecule has 0 bridgehead atoms. The van der Waals surface area contributed by atoms with E-state index in [1.54, 1.807) is 0 Å². The molecule has 3 rings (SSSR count). The highest BCUT2D eigenvalue weighted by Crippen LogP contribution is 2.23. The zero-order valence-corrected chi connectivity index (χ0v) is 15.5. The van der Waals surface area contributed by atoms with Gasteiger partial charge in [-0.05, 0) is 25.5 Å². The quantitative estimate of drug-likeness (QED) is 0.795. The Balaban J connectivity index is 1.59. The van der Waals surface area contributed by atoms with Crippen molar-refractivity contribution in [3.05, 3.63) is 42.2 Å². The van der Waals surface area contributed by atoms with Crippen LogP contribution in [-0.2, 0) is 4.79 Å². The van der Waals surface area contributed by atoms with Gasteiger partial charge in [-0.1, -0.05) is 31.0 Å². The largest absolute Gasteiger partial charge is 0.439 e. The number of benzene rings is 1. The van der Waals surface area contributed by atoms with Crippen molar-refractivity contribution >= 4 is 11.7 Å². The minimum atomic E-state index is 0.262. The minimum Gasteiger partial charge on any atom is -0.439 e. The van der Waals surface area contributed by atoms with Gasteiger partial charge in [-0.15, -0.1) is 0 Å². The van der Waals surface area contributed by atoms with Crippen LogP contribution in [0.2, 0.25) is 0 Å². The molecular weight excluding hydrogens is 328 g/mol. The summed E-state index contributed by atoms with van der Waals surface area (Å²) in [5.74, 6) is 2.38. The fraction of sp³-hybridized carbons (Fsp3) is 0.450. The van der Waals surface area contributed by atoms with Crippen LogP contribution in [0.15, 0.2) is 36.7 Å². The first-order chi connectivity index (χ1) is 12.7. The molecular formula is C20H26N4O2. The highest BCUT2D eigenvalue weighted by Gasteiger charge is 2.21. The molecule has 1 saturated heterocycles. The average molecular weight is 354 g/mol. The number of hydrogen-bond donors (Lipinski definition) is 0. The number of aromatic nitrogens is 2. The van der Waals surface area contributed by atoms with Crippen molar-refractivity contribution in [1.29, 1.82) is 0 Å². The maximum Gasteiger partial charge on any atom is 0.224 e. The minimum absolute atomic E-state index is 0.262. The fourth-order valence-electron chi connectivity index (χ4n) is 2.96. The first-order valence-electron chi connectivity index (χ1n) is 9.25. The molecule has 0 atom stereocenters. The Morgan fingerprint density at radius 2 is 1.85 bits per heavy atom. The second kappa shape index (κ2) is 8.65. The second-order valence-electron chi connectivity index (χ2n) is 6.60. The fourth-order valence-corrected chi connectivity index (χ4v) is 2.96. The number of unbranched alkanes of at least 4 members (excludes halogenated alkanes) is 1. The molecule has 1 aliphatic heterocycles. The zero-order chi connectivity index (χ0) is 18.4. The van der Waals surface area contributed by atoms with Crippen LogP contribution in [0.5, 0.6) is 11.6 Å². The molecule has 0 unspecified atom stereocenters. The lowest BCUT2D eigenvalue weighted by atomic mass is 10.2. The van der Waals surface area contributed by atoms with Crippen molar-refractivity contribution in [2.75, 3.05) is 31.1 Å². The zero-order valence-electron chi connectivity index (χ0n) is 15.5. The van der Waals surface area contributed by atoms with Crippen LogP contribution in [0.3, 0.4) is 0 Å². The van der Waals surface area contributed by atoms with Crippen LogP contribution < -0.4 is 9.64 Å². The first kappa shape index (κ1) is 18.2. The number of aryl methyl sites for hydroxylation is 1. The molecule has 0 N–H and O–H groups in total. The standard InChI is InChI=1S/C20H26N4O2/c1-3-4-5-20(25)24-12-10-23(11-13-24)18-14-19(22-15-21-18)26-17-8-6-16(2)7-9-17/h6-9,14-15H,3-5,10-13H2,1-2H3. The van der Waals surface area contributed by atoms with E-state index < -0.39 is 0 Å². The van der Waals surface area contributed by atoms with Crippen molar-refractivity contribution in [1.82, 2.24) is 14.9 Å². The Bertz CT molecular complexity index is 725. The van der Waals surface area contributed by atoms with Crippen LogP contribution in [0.25, 0.3) is 0 Å². The molecule has 1 amide bonds. The molecule has 1 aliphatic rings. The van der Waals surface area contributed by atoms with Gasteiger partial charge < -0.3 is 14.5 Å². The Morgan fingerprint density at radius 1 is 1.12 bits per heavy atom. The summed E-state index contributed by atoms with van der Waals surface area (Å²) in [6, 6.07) is 9.72. The summed E-state index contributed by atoms with van der Waals surface area (Å²) in [6.45, 7) is 7.18. The molecule has 138 valence electrons. The summed E-state index contributed by atoms with van der Waals surface area (Å²) in [6.07, 6.45) is 4.19. The van der Waals surface area contributed by atoms with Gasteiger partial charge in [-0.2, -0.15) is 0 Å². The smallest absolute Gasteiger partial charge is 0.224 e. The highest BCUT2D eigenvalue weighted by molar-refractivity contribution is 5.76. The molecule has 1 aromatic carbocycles. The Kier molecular flexibility index (Phi) is 6.04. The lowest BCUT2D eigenvalue weighted by molar-refractivity contribution is -0.131. The van der Waals surface area contributed by atoms with E-state index in [-0.39, 0.29) is 5.91 Å². The van der Waals surface area contributed by atoms with Gasteiger partial charge >= 0.3 is 0 Å². The lowest BCUT2D eigenvalue weighted by Gasteiger charge is -2.35. The third-order valence-corrected chi connectivity index (χ3v) is 4.57. The van der Waals surface area contributed by atoms with Gasteiger partial charge in [-0.3, -0.25) is 4.79 Å². The highest BCUT2D eigenvalue weighted by atomic mass is 16.5. The molecule has 0 aliphatic carbocycles. The van der Waals surface area contributed by atoms with Crippen molar-refractivity contribution < 1.29 is 9.53 Å². The molecule has 2 aromatic rings. The van der Waals surface area contributed by atoms with Crippen molar-refractivity contribution in [3.8, 4) is 11.6 Å². The maximum absolute atomic E-state index is 12.1. The third-order valence-electron chi connectivity index (χ3n) is 4.57. The van der Waals surface area contributed by atoms with Crippen LogP contribution in [0.4, 0.5) is 5.82 Å². The summed E-state index contributed by atoms with van der Waals surface area (Å²) in [5, 5.41) is 0. The van der Waals surface area contributed by atoms with Crippen molar-refractivity contribution in [2.24, 2.45) is 0 Å². The van der Waals surface area contributed by atoms with Crippen LogP contribution in [0.1, 0.15) is 31.7 Å². The predicted molar refractivity (Wildman–Crippen MR) is 102 cm³/mol. The van der Waals surface area contributed by atoms with E-state index in [0.717, 1.165) is 50.6 Å². The molecule has 0 saturated carbocycles. The summed E-state index contributed by atoms with van der Waals surface area (Å²) in [5.41, 5.74) is 1.19. The van der Waals surface area contributed by atoms with E-state index in [4.69, 9.17) is 4.74 Å². The topological polar surface area (TPSA) is 58.6 Å². The number of nitrogens with zero attached hydrogens (tertiary/aromatic N) is 4. The second-order valence-corrected chi connectivity index (χ2v) is 6.60. The molecule has 1 fully saturated rings. The molecule has 6 nitrogen and oxygen atoms in total. The van der Waals surface area contributed by atoms with Gasteiger partial charge in [0.15, 0.2) is 0 Å². The average Bonchev–Trinajstić information content (AvgIpc) is 2.68. The first-order valence-corrected chi connectivity index (χ1v) is 9.25. The molecule has 0 radical (unpaired) electrons. The summed E-state index contributed by atoms with van der Waals surface area (Å²) >= 11 is 0. The van der Waals surface area contributed by atoms with E-state index >= 15 is 0 Å². The number of rotatable bonds is 6. The van der Waals surface area contributed by atoms with Crippen molar-refractivity contribution in [3.63, 3.8) is 0 Å². The van der Waals surface area contributed by atoms with Gasteiger partial charge in [0, 0.05) is 38.7 Å². The van der Waals surface area contributed by atoms with Crippen molar-refractivity contribution in [2.45, 2.75) is 33.1 Å². The van der Waals surface area contributed by atoms with E-state index in [1.165, 1.54) is 11.9 Å². The maximum atomic E-state index is 12.1. The normalized spacial score (nSPS) is 14.4. The number of piperazine rings is 1. The van der Waals surface area contributed by atoms with Crippen LogP contribution >= 0.6 is 0 Å². The number of amides is 1. The van der Waals surface area contributed by atoms with Crippen LogP contribution in [-0.4, -0.2) is 47.0 Å². The Hall–Kier alpha value is -2.63. The summed E-state index contributed by atoms with van der Waals surface area (Å²) in [4.78, 5) is 24.8. The van der Waals surface area contributed by atoms with Gasteiger partial charge in [0.2, 0.25) is 11.8 Å². The number of carbonyl (C=O) groups excluding carboxylic acids is 1. The molecule has 26 heavy (non-hydrogen) atoms. The van der Waals surface area contributed by atoms with E-state index in [9.17, 15) is 4.79 Å².